The Kier molecular flexibility index (Phi) is 10.3. The van der Waals surface area contributed by atoms with Gasteiger partial charge in [0.1, 0.15) is 0 Å². The van der Waals surface area contributed by atoms with Crippen molar-refractivity contribution in [3.05, 3.63) is 42.0 Å². The molecule has 156 valence electrons. The summed E-state index contributed by atoms with van der Waals surface area (Å²) in [6.07, 6.45) is 6.21. The number of likely N-dealkylation sites (tertiary alicyclic amines) is 1. The summed E-state index contributed by atoms with van der Waals surface area (Å²) < 4.78 is 0. The van der Waals surface area contributed by atoms with Gasteiger partial charge in [-0.25, -0.2) is 0 Å². The van der Waals surface area contributed by atoms with Crippen LogP contribution in [0.2, 0.25) is 0 Å². The topological polar surface area (TPSA) is 51.1 Å². The Balaban J connectivity index is 0.00000280. The second-order valence-corrected chi connectivity index (χ2v) is 7.45. The lowest BCUT2D eigenvalue weighted by Crippen LogP contribution is -2.43. The van der Waals surface area contributed by atoms with Crippen molar-refractivity contribution >= 4 is 35.5 Å². The van der Waals surface area contributed by atoms with E-state index >= 15 is 0 Å². The van der Waals surface area contributed by atoms with Gasteiger partial charge in [0.05, 0.1) is 6.10 Å². The van der Waals surface area contributed by atoms with E-state index in [4.69, 9.17) is 4.99 Å². The third-order valence-corrected chi connectivity index (χ3v) is 5.44. The molecule has 0 aromatic heterocycles. The van der Waals surface area contributed by atoms with E-state index in [-0.39, 0.29) is 30.1 Å². The van der Waals surface area contributed by atoms with Crippen LogP contribution in [0.25, 0.3) is 5.57 Å². The van der Waals surface area contributed by atoms with E-state index in [2.05, 4.69) is 58.4 Å². The third kappa shape index (κ3) is 7.04. The van der Waals surface area contributed by atoms with E-state index in [0.717, 1.165) is 77.5 Å². The fraction of sp³-hybridized carbons (Fsp3) is 0.591. The van der Waals surface area contributed by atoms with Crippen LogP contribution in [0, 0.1) is 0 Å². The van der Waals surface area contributed by atoms with E-state index in [9.17, 15) is 5.11 Å². The van der Waals surface area contributed by atoms with Gasteiger partial charge in [-0.15, -0.1) is 24.0 Å². The number of nitrogens with one attached hydrogen (secondary N) is 1. The van der Waals surface area contributed by atoms with Gasteiger partial charge in [0.25, 0.3) is 0 Å². The summed E-state index contributed by atoms with van der Waals surface area (Å²) in [5.41, 5.74) is 2.78. The quantitative estimate of drug-likeness (QED) is 0.274. The lowest BCUT2D eigenvalue weighted by atomic mass is 10.00. The Morgan fingerprint density at radius 2 is 1.93 bits per heavy atom. The average molecular weight is 498 g/mol. The second-order valence-electron chi connectivity index (χ2n) is 7.45. The van der Waals surface area contributed by atoms with Crippen molar-refractivity contribution in [3.63, 3.8) is 0 Å². The number of piperidine rings is 1. The van der Waals surface area contributed by atoms with Crippen molar-refractivity contribution < 1.29 is 5.11 Å². The van der Waals surface area contributed by atoms with Crippen molar-refractivity contribution in [2.45, 2.75) is 38.7 Å². The normalized spacial score (nSPS) is 19.1. The molecule has 28 heavy (non-hydrogen) atoms. The number of hydrogen-bond acceptors (Lipinski definition) is 3. The minimum atomic E-state index is -0.0902. The zero-order valence-electron chi connectivity index (χ0n) is 17.0. The Hall–Kier alpha value is -1.12. The lowest BCUT2D eigenvalue weighted by Gasteiger charge is -2.30. The number of halogens is 1. The average Bonchev–Trinajstić information content (AvgIpc) is 2.72. The molecular formula is C22H35IN4O. The molecule has 1 aromatic carbocycles. The Morgan fingerprint density at radius 3 is 2.57 bits per heavy atom. The molecule has 3 rings (SSSR count). The molecule has 0 saturated carbocycles. The number of nitrogens with zero attached hydrogens (tertiary/aromatic N) is 3. The van der Waals surface area contributed by atoms with Crippen LogP contribution in [0.5, 0.6) is 0 Å². The van der Waals surface area contributed by atoms with E-state index in [1.165, 1.54) is 11.1 Å². The predicted octanol–water partition coefficient (Wildman–Crippen LogP) is 3.21. The monoisotopic (exact) mass is 498 g/mol. The van der Waals surface area contributed by atoms with Crippen LogP contribution in [0.1, 0.15) is 38.2 Å². The number of aliphatic imine (C=N–C) groups is 1. The highest BCUT2D eigenvalue weighted by Gasteiger charge is 2.17. The van der Waals surface area contributed by atoms with Gasteiger partial charge in [-0.05, 0) is 50.3 Å². The van der Waals surface area contributed by atoms with E-state index in [1.54, 1.807) is 0 Å². The van der Waals surface area contributed by atoms with Gasteiger partial charge in [-0.2, -0.15) is 0 Å². The van der Waals surface area contributed by atoms with Crippen molar-refractivity contribution in [2.24, 2.45) is 4.99 Å². The maximum atomic E-state index is 9.60. The van der Waals surface area contributed by atoms with Crippen LogP contribution in [0.4, 0.5) is 0 Å². The number of aliphatic hydroxyl groups is 1. The van der Waals surface area contributed by atoms with Crippen molar-refractivity contribution in [3.8, 4) is 0 Å². The van der Waals surface area contributed by atoms with Crippen LogP contribution in [0.15, 0.2) is 41.4 Å². The summed E-state index contributed by atoms with van der Waals surface area (Å²) in [6.45, 7) is 8.92. The molecule has 0 aliphatic carbocycles. The molecule has 1 saturated heterocycles. The number of rotatable bonds is 6. The van der Waals surface area contributed by atoms with E-state index < -0.39 is 0 Å². The zero-order chi connectivity index (χ0) is 18.9. The molecule has 5 nitrogen and oxygen atoms in total. The van der Waals surface area contributed by atoms with Crippen LogP contribution >= 0.6 is 24.0 Å². The first-order valence-corrected chi connectivity index (χ1v) is 10.4. The molecule has 0 amide bonds. The highest BCUT2D eigenvalue weighted by atomic mass is 127. The maximum Gasteiger partial charge on any atom is 0.194 e. The van der Waals surface area contributed by atoms with Gasteiger partial charge in [0, 0.05) is 39.3 Å². The molecule has 2 N–H and O–H groups in total. The fourth-order valence-electron chi connectivity index (χ4n) is 3.82. The number of benzene rings is 1. The largest absolute Gasteiger partial charge is 0.393 e. The Labute approximate surface area is 186 Å². The Morgan fingerprint density at radius 1 is 1.18 bits per heavy atom. The summed E-state index contributed by atoms with van der Waals surface area (Å²) in [5, 5.41) is 13.1. The molecular weight excluding hydrogens is 463 g/mol. The van der Waals surface area contributed by atoms with Crippen LogP contribution in [-0.4, -0.2) is 72.8 Å². The molecule has 0 spiro atoms. The molecule has 2 aliphatic rings. The molecule has 0 radical (unpaired) electrons. The summed E-state index contributed by atoms with van der Waals surface area (Å²) in [4.78, 5) is 9.66. The first kappa shape index (κ1) is 23.2. The van der Waals surface area contributed by atoms with Crippen molar-refractivity contribution in [2.75, 3.05) is 45.8 Å². The molecule has 2 aliphatic heterocycles. The minimum Gasteiger partial charge on any atom is -0.393 e. The molecule has 1 aromatic rings. The lowest BCUT2D eigenvalue weighted by molar-refractivity contribution is 0.0824. The third-order valence-electron chi connectivity index (χ3n) is 5.44. The van der Waals surface area contributed by atoms with Crippen LogP contribution < -0.4 is 5.32 Å². The van der Waals surface area contributed by atoms with Gasteiger partial charge in [0.15, 0.2) is 5.96 Å². The number of hydrogen-bond donors (Lipinski definition) is 2. The summed E-state index contributed by atoms with van der Waals surface area (Å²) in [7, 11) is 0. The Bertz CT molecular complexity index is 627. The second kappa shape index (κ2) is 12.4. The molecule has 2 heterocycles. The minimum absolute atomic E-state index is 0. The number of aliphatic hydroxyl groups excluding tert-OH is 1. The van der Waals surface area contributed by atoms with Crippen LogP contribution in [0.3, 0.4) is 0 Å². The van der Waals surface area contributed by atoms with Crippen molar-refractivity contribution in [1.82, 2.24) is 15.1 Å². The zero-order valence-corrected chi connectivity index (χ0v) is 19.3. The maximum absolute atomic E-state index is 9.60. The SMILES string of the molecule is CCNC(=NCCCN1CCC(O)CC1)N1CC=C(c2ccccc2)CC1.I. The summed E-state index contributed by atoms with van der Waals surface area (Å²) >= 11 is 0. The molecule has 0 bridgehead atoms. The van der Waals surface area contributed by atoms with E-state index in [0.29, 0.717) is 0 Å². The summed E-state index contributed by atoms with van der Waals surface area (Å²) in [6, 6.07) is 10.7. The van der Waals surface area contributed by atoms with E-state index in [1.807, 2.05) is 0 Å². The molecule has 1 fully saturated rings. The van der Waals surface area contributed by atoms with Gasteiger partial charge in [-0.3, -0.25) is 4.99 Å². The number of guanidine groups is 1. The predicted molar refractivity (Wildman–Crippen MR) is 128 cm³/mol. The summed E-state index contributed by atoms with van der Waals surface area (Å²) in [5.74, 6) is 1.04. The highest BCUT2D eigenvalue weighted by Crippen LogP contribution is 2.22. The first-order valence-electron chi connectivity index (χ1n) is 10.4. The molecule has 0 atom stereocenters. The van der Waals surface area contributed by atoms with Crippen molar-refractivity contribution in [1.29, 1.82) is 0 Å². The van der Waals surface area contributed by atoms with Crippen LogP contribution in [-0.2, 0) is 0 Å². The smallest absolute Gasteiger partial charge is 0.194 e. The molecule has 6 heteroatoms. The fourth-order valence-corrected chi connectivity index (χ4v) is 3.82. The standard InChI is InChI=1S/C22H34N4O.HI/c1-2-23-22(24-13-6-14-25-15-11-21(27)12-16-25)26-17-9-20(10-18-26)19-7-4-3-5-8-19;/h3-5,7-9,21,27H,2,6,10-18H2,1H3,(H,23,24);1H. The highest BCUT2D eigenvalue weighted by molar-refractivity contribution is 14.0. The molecule has 0 unspecified atom stereocenters. The van der Waals surface area contributed by atoms with Gasteiger partial charge in [-0.1, -0.05) is 36.4 Å². The van der Waals surface area contributed by atoms with Gasteiger partial charge >= 0.3 is 0 Å². The van der Waals surface area contributed by atoms with Gasteiger partial charge in [0.2, 0.25) is 0 Å². The first-order chi connectivity index (χ1) is 13.3. The van der Waals surface area contributed by atoms with Gasteiger partial charge < -0.3 is 20.2 Å².